The maximum Gasteiger partial charge on any atom is 0.297 e. The summed E-state index contributed by atoms with van der Waals surface area (Å²) in [4.78, 5) is 30.0. The number of carbonyl (C=O) groups is 1. The monoisotopic (exact) mass is 416 g/mol. The van der Waals surface area contributed by atoms with Crippen LogP contribution in [0.2, 0.25) is 0 Å². The van der Waals surface area contributed by atoms with E-state index in [0.717, 1.165) is 36.8 Å². The van der Waals surface area contributed by atoms with Crippen LogP contribution in [0, 0.1) is 6.92 Å². The van der Waals surface area contributed by atoms with Crippen LogP contribution in [0.4, 0.5) is 5.82 Å². The van der Waals surface area contributed by atoms with Gasteiger partial charge in [0.1, 0.15) is 5.75 Å². The Morgan fingerprint density at radius 3 is 2.68 bits per heavy atom. The van der Waals surface area contributed by atoms with E-state index in [1.807, 2.05) is 25.1 Å². The zero-order chi connectivity index (χ0) is 21.6. The zero-order valence-electron chi connectivity index (χ0n) is 17.3. The smallest absolute Gasteiger partial charge is 0.297 e. The molecular weight excluding hydrogens is 392 g/mol. The maximum atomic E-state index is 13.3. The molecule has 0 saturated heterocycles. The van der Waals surface area contributed by atoms with Crippen molar-refractivity contribution in [2.45, 2.75) is 44.2 Å². The predicted molar refractivity (Wildman–Crippen MR) is 118 cm³/mol. The first-order valence-electron chi connectivity index (χ1n) is 10.5. The van der Waals surface area contributed by atoms with Gasteiger partial charge in [-0.05, 0) is 56.4 Å². The number of hydrogen-bond acceptors (Lipinski definition) is 5. The molecule has 5 rings (SSSR count). The number of carbonyl (C=O) groups excluding carboxylic acids is 1. The van der Waals surface area contributed by atoms with E-state index in [9.17, 15) is 14.7 Å². The van der Waals surface area contributed by atoms with Crippen molar-refractivity contribution >= 4 is 11.7 Å². The summed E-state index contributed by atoms with van der Waals surface area (Å²) in [5.41, 5.74) is 2.03. The fourth-order valence-corrected chi connectivity index (χ4v) is 3.89. The number of para-hydroxylation sites is 1. The lowest BCUT2D eigenvalue weighted by Gasteiger charge is -2.20. The number of amides is 1. The molecule has 2 saturated carbocycles. The second-order valence-corrected chi connectivity index (χ2v) is 8.42. The van der Waals surface area contributed by atoms with Gasteiger partial charge in [0.15, 0.2) is 5.82 Å². The van der Waals surface area contributed by atoms with Crippen LogP contribution in [0.5, 0.6) is 5.75 Å². The van der Waals surface area contributed by atoms with Crippen molar-refractivity contribution in [1.82, 2.24) is 14.9 Å². The van der Waals surface area contributed by atoms with Crippen LogP contribution in [-0.2, 0) is 5.54 Å². The van der Waals surface area contributed by atoms with Crippen molar-refractivity contribution < 1.29 is 9.90 Å². The topological polar surface area (TPSA) is 96.2 Å². The van der Waals surface area contributed by atoms with E-state index in [1.165, 1.54) is 4.57 Å². The number of aromatic hydroxyl groups is 1. The van der Waals surface area contributed by atoms with Crippen molar-refractivity contribution in [3.05, 3.63) is 81.9 Å². The van der Waals surface area contributed by atoms with Crippen LogP contribution in [0.3, 0.4) is 0 Å². The first kappa shape index (κ1) is 19.4. The lowest BCUT2D eigenvalue weighted by molar-refractivity contribution is 0.0951. The van der Waals surface area contributed by atoms with E-state index in [1.54, 1.807) is 36.7 Å². The molecular formula is C24H24N4O3. The third kappa shape index (κ3) is 3.67. The van der Waals surface area contributed by atoms with Gasteiger partial charge in [0.05, 0.1) is 11.2 Å². The molecule has 1 aromatic heterocycles. The molecule has 0 radical (unpaired) electrons. The Morgan fingerprint density at radius 2 is 1.97 bits per heavy atom. The Bertz CT molecular complexity index is 1230. The molecule has 0 atom stereocenters. The second kappa shape index (κ2) is 7.27. The molecule has 7 heteroatoms. The zero-order valence-corrected chi connectivity index (χ0v) is 17.3. The Kier molecular flexibility index (Phi) is 4.54. The highest BCUT2D eigenvalue weighted by Gasteiger charge is 2.46. The van der Waals surface area contributed by atoms with Crippen LogP contribution in [0.1, 0.15) is 47.2 Å². The Balaban J connectivity index is 1.49. The molecule has 0 bridgehead atoms. The number of aromatic nitrogens is 2. The van der Waals surface area contributed by atoms with E-state index in [0.29, 0.717) is 11.3 Å². The van der Waals surface area contributed by atoms with E-state index >= 15 is 0 Å². The molecule has 0 unspecified atom stereocenters. The standard InChI is InChI=1S/C24H24N4O3/c1-15-6-7-16(22(30)26-17-8-9-17)14-19(15)28-13-12-25-21(23(28)31)27-24(10-11-24)18-4-2-3-5-20(18)29/h2-7,12-14,17,29H,8-11H2,1H3,(H,25,27)(H,26,30). The highest BCUT2D eigenvalue weighted by Crippen LogP contribution is 2.50. The maximum absolute atomic E-state index is 13.3. The summed E-state index contributed by atoms with van der Waals surface area (Å²) in [6.45, 7) is 1.91. The molecule has 31 heavy (non-hydrogen) atoms. The van der Waals surface area contributed by atoms with Gasteiger partial charge < -0.3 is 15.7 Å². The number of anilines is 1. The quantitative estimate of drug-likeness (QED) is 0.573. The minimum absolute atomic E-state index is 0.124. The summed E-state index contributed by atoms with van der Waals surface area (Å²) in [7, 11) is 0. The van der Waals surface area contributed by atoms with Crippen molar-refractivity contribution in [2.24, 2.45) is 0 Å². The number of nitrogens with zero attached hydrogens (tertiary/aromatic N) is 2. The molecule has 7 nitrogen and oxygen atoms in total. The van der Waals surface area contributed by atoms with Gasteiger partial charge in [-0.15, -0.1) is 0 Å². The van der Waals surface area contributed by atoms with Crippen LogP contribution >= 0.6 is 0 Å². The van der Waals surface area contributed by atoms with Crippen molar-refractivity contribution in [1.29, 1.82) is 0 Å². The third-order valence-electron chi connectivity index (χ3n) is 6.01. The number of hydrogen-bond donors (Lipinski definition) is 3. The Labute approximate surface area is 179 Å². The largest absolute Gasteiger partial charge is 0.508 e. The highest BCUT2D eigenvalue weighted by atomic mass is 16.3. The van der Waals surface area contributed by atoms with Gasteiger partial charge in [-0.25, -0.2) is 4.98 Å². The lowest BCUT2D eigenvalue weighted by atomic mass is 10.0. The van der Waals surface area contributed by atoms with Gasteiger partial charge in [0.2, 0.25) is 0 Å². The van der Waals surface area contributed by atoms with E-state index in [4.69, 9.17) is 0 Å². The summed E-state index contributed by atoms with van der Waals surface area (Å²) in [6, 6.07) is 12.8. The highest BCUT2D eigenvalue weighted by molar-refractivity contribution is 5.95. The summed E-state index contributed by atoms with van der Waals surface area (Å²) < 4.78 is 1.51. The number of rotatable bonds is 6. The van der Waals surface area contributed by atoms with Crippen LogP contribution in [-0.4, -0.2) is 26.6 Å². The fraction of sp³-hybridized carbons (Fsp3) is 0.292. The molecule has 3 N–H and O–H groups in total. The van der Waals surface area contributed by atoms with Gasteiger partial charge in [-0.2, -0.15) is 0 Å². The Hall–Kier alpha value is -3.61. The molecule has 1 amide bonds. The fourth-order valence-electron chi connectivity index (χ4n) is 3.89. The molecule has 0 aliphatic heterocycles. The lowest BCUT2D eigenvalue weighted by Crippen LogP contribution is -2.29. The SMILES string of the molecule is Cc1ccc(C(=O)NC2CC2)cc1-n1ccnc(NC2(c3ccccc3O)CC2)c1=O. The van der Waals surface area contributed by atoms with E-state index in [2.05, 4.69) is 15.6 Å². The molecule has 158 valence electrons. The number of benzene rings is 2. The van der Waals surface area contributed by atoms with E-state index in [-0.39, 0.29) is 29.1 Å². The minimum atomic E-state index is -0.488. The van der Waals surface area contributed by atoms with Crippen LogP contribution in [0.25, 0.3) is 5.69 Å². The van der Waals surface area contributed by atoms with Gasteiger partial charge in [-0.3, -0.25) is 14.2 Å². The van der Waals surface area contributed by atoms with Gasteiger partial charge >= 0.3 is 0 Å². The summed E-state index contributed by atoms with van der Waals surface area (Å²) in [5.74, 6) is 0.296. The summed E-state index contributed by atoms with van der Waals surface area (Å²) in [6.07, 6.45) is 6.82. The second-order valence-electron chi connectivity index (χ2n) is 8.42. The molecule has 3 aromatic rings. The first-order chi connectivity index (χ1) is 15.0. The average molecular weight is 416 g/mol. The molecule has 2 aliphatic carbocycles. The number of nitrogens with one attached hydrogen (secondary N) is 2. The first-order valence-corrected chi connectivity index (χ1v) is 10.5. The average Bonchev–Trinajstić information content (AvgIpc) is 3.68. The molecule has 2 fully saturated rings. The van der Waals surface area contributed by atoms with Crippen molar-refractivity contribution in [3.63, 3.8) is 0 Å². The van der Waals surface area contributed by atoms with Gasteiger partial charge in [0.25, 0.3) is 11.5 Å². The number of phenols is 1. The van der Waals surface area contributed by atoms with Crippen LogP contribution in [0.15, 0.2) is 59.7 Å². The van der Waals surface area contributed by atoms with Crippen molar-refractivity contribution in [2.75, 3.05) is 5.32 Å². The summed E-state index contributed by atoms with van der Waals surface area (Å²) in [5, 5.41) is 16.5. The summed E-state index contributed by atoms with van der Waals surface area (Å²) >= 11 is 0. The molecule has 2 aliphatic rings. The molecule has 2 aromatic carbocycles. The van der Waals surface area contributed by atoms with Crippen LogP contribution < -0.4 is 16.2 Å². The normalized spacial score (nSPS) is 16.5. The Morgan fingerprint density at radius 1 is 1.19 bits per heavy atom. The third-order valence-corrected chi connectivity index (χ3v) is 6.01. The van der Waals surface area contributed by atoms with Gasteiger partial charge in [0, 0.05) is 29.6 Å². The molecule has 0 spiro atoms. The molecule has 1 heterocycles. The van der Waals surface area contributed by atoms with E-state index < -0.39 is 5.54 Å². The number of phenolic OH excluding ortho intramolecular Hbond substituents is 1. The van der Waals surface area contributed by atoms with Crippen molar-refractivity contribution in [3.8, 4) is 11.4 Å². The number of aryl methyl sites for hydroxylation is 1. The predicted octanol–water partition coefficient (Wildman–Crippen LogP) is 3.24. The van der Waals surface area contributed by atoms with Gasteiger partial charge in [-0.1, -0.05) is 24.3 Å². The minimum Gasteiger partial charge on any atom is -0.508 e.